The molecule has 0 bridgehead atoms. The summed E-state index contributed by atoms with van der Waals surface area (Å²) in [6.45, 7) is 5.15. The zero-order valence-corrected chi connectivity index (χ0v) is 21.1. The van der Waals surface area contributed by atoms with Crippen molar-refractivity contribution in [1.29, 1.82) is 0 Å². The highest BCUT2D eigenvalue weighted by atomic mass is 32.2. The number of nitrogen functional groups attached to an aromatic ring is 1. The number of aliphatic imine (C=N–C) groups is 1. The minimum Gasteiger partial charge on any atom is -0.442 e. The maximum absolute atomic E-state index is 13.5. The molecule has 0 atom stereocenters. The average Bonchev–Trinajstić information content (AvgIpc) is 3.18. The predicted molar refractivity (Wildman–Crippen MR) is 135 cm³/mol. The van der Waals surface area contributed by atoms with Crippen molar-refractivity contribution in [1.82, 2.24) is 0 Å². The van der Waals surface area contributed by atoms with E-state index < -0.39 is 21.5 Å². The molecule has 1 amide bonds. The fraction of sp³-hybridized carbons (Fsp3) is 0.217. The summed E-state index contributed by atoms with van der Waals surface area (Å²) in [7, 11) is -3.87. The van der Waals surface area contributed by atoms with Crippen molar-refractivity contribution in [3.63, 3.8) is 0 Å². The summed E-state index contributed by atoms with van der Waals surface area (Å²) in [6.07, 6.45) is 0.938. The van der Waals surface area contributed by atoms with Crippen molar-refractivity contribution < 1.29 is 17.9 Å². The normalized spacial score (nSPS) is 12.5. The summed E-state index contributed by atoms with van der Waals surface area (Å²) in [5.74, 6) is -0.100. The number of nitrogens with zero attached hydrogens (tertiary/aromatic N) is 1. The van der Waals surface area contributed by atoms with Crippen LogP contribution in [0.3, 0.4) is 0 Å². The van der Waals surface area contributed by atoms with Crippen molar-refractivity contribution in [2.24, 2.45) is 10.7 Å². The van der Waals surface area contributed by atoms with E-state index >= 15 is 0 Å². The molecule has 0 saturated carbocycles. The first-order chi connectivity index (χ1) is 15.4. The lowest BCUT2D eigenvalue weighted by atomic mass is 10.0. The van der Waals surface area contributed by atoms with Crippen molar-refractivity contribution in [3.05, 3.63) is 59.5 Å². The molecule has 3 rings (SSSR count). The smallest absolute Gasteiger partial charge is 0.436 e. The number of carbonyl (C=O) groups is 1. The van der Waals surface area contributed by atoms with Gasteiger partial charge in [0.1, 0.15) is 11.4 Å². The van der Waals surface area contributed by atoms with Gasteiger partial charge in [-0.1, -0.05) is 30.3 Å². The van der Waals surface area contributed by atoms with Gasteiger partial charge in [-0.3, -0.25) is 0 Å². The number of carbonyl (C=O) groups excluding carboxylic acids is 1. The molecule has 2 aromatic carbocycles. The van der Waals surface area contributed by atoms with E-state index in [1.165, 1.54) is 23.9 Å². The Labute approximate surface area is 201 Å². The van der Waals surface area contributed by atoms with Gasteiger partial charge in [0.25, 0.3) is 0 Å². The van der Waals surface area contributed by atoms with Crippen LogP contribution in [0.2, 0.25) is 0 Å². The Bertz CT molecular complexity index is 1320. The molecule has 0 aliphatic rings. The summed E-state index contributed by atoms with van der Waals surface area (Å²) in [4.78, 5) is 16.4. The third kappa shape index (κ3) is 5.76. The lowest BCUT2D eigenvalue weighted by Gasteiger charge is -2.17. The number of hydrogen-bond acceptors (Lipinski definition) is 7. The van der Waals surface area contributed by atoms with Crippen LogP contribution in [0, 0.1) is 0 Å². The monoisotopic (exact) mass is 503 g/mol. The molecular formula is C23H25N3O4S3. The molecule has 0 aliphatic heterocycles. The van der Waals surface area contributed by atoms with Gasteiger partial charge >= 0.3 is 6.09 Å². The van der Waals surface area contributed by atoms with E-state index in [9.17, 15) is 13.2 Å². The average molecular weight is 504 g/mol. The molecule has 1 heterocycles. The van der Waals surface area contributed by atoms with Gasteiger partial charge in [0, 0.05) is 11.3 Å². The second-order valence-electron chi connectivity index (χ2n) is 8.06. The molecule has 4 N–H and O–H groups in total. The van der Waals surface area contributed by atoms with Crippen LogP contribution in [-0.2, 0) is 14.6 Å². The fourth-order valence-electron chi connectivity index (χ4n) is 2.97. The summed E-state index contributed by atoms with van der Waals surface area (Å²) in [6, 6.07) is 15.3. The SMILES string of the molecule is CSc1sc(C(N)=NC(=O)OC(C)(C)C)cc1S(=O)(=O)c1cccc(-c2ccccc2N)c1. The highest BCUT2D eigenvalue weighted by Crippen LogP contribution is 2.38. The van der Waals surface area contributed by atoms with E-state index in [0.717, 1.165) is 16.9 Å². The van der Waals surface area contributed by atoms with Gasteiger partial charge in [-0.05, 0) is 56.9 Å². The zero-order valence-electron chi connectivity index (χ0n) is 18.7. The highest BCUT2D eigenvalue weighted by molar-refractivity contribution is 8.01. The minimum atomic E-state index is -3.87. The number of benzene rings is 2. The molecule has 1 aromatic heterocycles. The van der Waals surface area contributed by atoms with Gasteiger partial charge in [-0.25, -0.2) is 13.2 Å². The number of rotatable bonds is 5. The molecule has 0 unspecified atom stereocenters. The molecule has 0 aliphatic carbocycles. The van der Waals surface area contributed by atoms with Crippen LogP contribution < -0.4 is 11.5 Å². The first kappa shape index (κ1) is 24.8. The number of anilines is 1. The first-order valence-electron chi connectivity index (χ1n) is 9.88. The van der Waals surface area contributed by atoms with Gasteiger partial charge in [0.05, 0.1) is 18.9 Å². The Hall–Kier alpha value is -2.82. The second-order valence-corrected chi connectivity index (χ2v) is 12.1. The Morgan fingerprint density at radius 2 is 1.79 bits per heavy atom. The molecule has 0 radical (unpaired) electrons. The first-order valence-corrected chi connectivity index (χ1v) is 13.4. The standard InChI is InChI=1S/C23H25N3O4S3/c1-23(2,3)30-22(27)26-20(25)18-13-19(21(31-4)32-18)33(28,29)15-9-7-8-14(12-15)16-10-5-6-11-17(16)24/h5-13H,24H2,1-4H3,(H2,25,26,27). The molecular weight excluding hydrogens is 478 g/mol. The van der Waals surface area contributed by atoms with Crippen LogP contribution in [0.5, 0.6) is 0 Å². The van der Waals surface area contributed by atoms with E-state index in [0.29, 0.717) is 20.3 Å². The minimum absolute atomic E-state index is 0.100. The molecule has 0 spiro atoms. The van der Waals surface area contributed by atoms with Crippen molar-refractivity contribution in [2.75, 3.05) is 12.0 Å². The Morgan fingerprint density at radius 1 is 1.09 bits per heavy atom. The van der Waals surface area contributed by atoms with E-state index in [4.69, 9.17) is 16.2 Å². The molecule has 174 valence electrons. The Kier molecular flexibility index (Phi) is 7.20. The molecule has 3 aromatic rings. The molecule has 10 heteroatoms. The third-order valence-electron chi connectivity index (χ3n) is 4.41. The third-order valence-corrected chi connectivity index (χ3v) is 8.74. The van der Waals surface area contributed by atoms with Crippen LogP contribution in [0.15, 0.2) is 73.6 Å². The molecule has 0 fully saturated rings. The van der Waals surface area contributed by atoms with E-state index in [-0.39, 0.29) is 15.6 Å². The van der Waals surface area contributed by atoms with Crippen LogP contribution in [0.25, 0.3) is 11.1 Å². The van der Waals surface area contributed by atoms with Crippen LogP contribution in [0.4, 0.5) is 10.5 Å². The maximum Gasteiger partial charge on any atom is 0.436 e. The summed E-state index contributed by atoms with van der Waals surface area (Å²) >= 11 is 2.43. The van der Waals surface area contributed by atoms with Gasteiger partial charge in [0.15, 0.2) is 0 Å². The largest absolute Gasteiger partial charge is 0.442 e. The van der Waals surface area contributed by atoms with Crippen molar-refractivity contribution in [2.45, 2.75) is 40.4 Å². The number of thiophene rings is 1. The quantitative estimate of drug-likeness (QED) is 0.212. The van der Waals surface area contributed by atoms with Gasteiger partial charge in [-0.2, -0.15) is 4.99 Å². The number of amidine groups is 1. The van der Waals surface area contributed by atoms with Crippen molar-refractivity contribution in [3.8, 4) is 11.1 Å². The number of nitrogens with two attached hydrogens (primary N) is 2. The predicted octanol–water partition coefficient (Wildman–Crippen LogP) is 5.19. The summed E-state index contributed by atoms with van der Waals surface area (Å²) in [5, 5.41) is 0. The van der Waals surface area contributed by atoms with E-state index in [1.54, 1.807) is 45.2 Å². The van der Waals surface area contributed by atoms with Crippen LogP contribution in [0.1, 0.15) is 25.6 Å². The molecule has 7 nitrogen and oxygen atoms in total. The Balaban J connectivity index is 2.01. The van der Waals surface area contributed by atoms with E-state index in [1.807, 2.05) is 24.3 Å². The number of hydrogen-bond donors (Lipinski definition) is 2. The highest BCUT2D eigenvalue weighted by Gasteiger charge is 2.26. The number of ether oxygens (including phenoxy) is 1. The number of thioether (sulfide) groups is 1. The zero-order chi connectivity index (χ0) is 24.4. The van der Waals surface area contributed by atoms with Crippen LogP contribution >= 0.6 is 23.1 Å². The summed E-state index contributed by atoms with van der Waals surface area (Å²) in [5.41, 5.74) is 13.3. The second kappa shape index (κ2) is 9.58. The van der Waals surface area contributed by atoms with Gasteiger partial charge < -0.3 is 16.2 Å². The Morgan fingerprint density at radius 3 is 2.42 bits per heavy atom. The van der Waals surface area contributed by atoms with Gasteiger partial charge in [0.2, 0.25) is 9.84 Å². The fourth-order valence-corrected chi connectivity index (χ4v) is 6.91. The maximum atomic E-state index is 13.5. The van der Waals surface area contributed by atoms with Gasteiger partial charge in [-0.15, -0.1) is 23.1 Å². The van der Waals surface area contributed by atoms with Crippen molar-refractivity contribution >= 4 is 50.6 Å². The summed E-state index contributed by atoms with van der Waals surface area (Å²) < 4.78 is 32.7. The topological polar surface area (TPSA) is 125 Å². The van der Waals surface area contributed by atoms with Crippen LogP contribution in [-0.4, -0.2) is 32.2 Å². The molecule has 33 heavy (non-hydrogen) atoms. The van der Waals surface area contributed by atoms with E-state index in [2.05, 4.69) is 4.99 Å². The number of amides is 1. The number of para-hydroxylation sites is 1. The number of sulfone groups is 1. The lowest BCUT2D eigenvalue weighted by Crippen LogP contribution is -2.24. The lowest BCUT2D eigenvalue weighted by molar-refractivity contribution is 0.0604. The molecule has 0 saturated heterocycles.